The van der Waals surface area contributed by atoms with Crippen molar-refractivity contribution < 1.29 is 0 Å². The number of aryl methyl sites for hydroxylation is 2. The molecule has 0 unspecified atom stereocenters. The summed E-state index contributed by atoms with van der Waals surface area (Å²) in [5.74, 6) is 0. The molecule has 0 aliphatic heterocycles. The van der Waals surface area contributed by atoms with E-state index in [1.807, 2.05) is 0 Å². The average molecular weight is 155 g/mol. The molecule has 10 heavy (non-hydrogen) atoms. The van der Waals surface area contributed by atoms with Crippen molar-refractivity contribution in [1.29, 1.82) is 0 Å². The molecule has 0 radical (unpaired) electrons. The molecular weight excluding hydrogens is 142 g/mol. The fourth-order valence-corrected chi connectivity index (χ4v) is 1.98. The number of nitrogen functional groups attached to an aromatic ring is 1. The smallest absolute Gasteiger partial charge is 0.0485 e. The highest BCUT2D eigenvalue weighted by atomic mass is 32.1. The quantitative estimate of drug-likeness (QED) is 0.698. The molecule has 1 aromatic rings. The Hall–Kier alpha value is -0.500. The third kappa shape index (κ3) is 1.32. The van der Waals surface area contributed by atoms with Crippen molar-refractivity contribution >= 4 is 17.0 Å². The van der Waals surface area contributed by atoms with Crippen LogP contribution in [0.5, 0.6) is 0 Å². The highest BCUT2D eigenvalue weighted by Crippen LogP contribution is 2.25. The van der Waals surface area contributed by atoms with Gasteiger partial charge in [0.2, 0.25) is 0 Å². The van der Waals surface area contributed by atoms with Gasteiger partial charge in [0.25, 0.3) is 0 Å². The SMILES string of the molecule is CCCc1scc(C)c1N. The minimum Gasteiger partial charge on any atom is -0.398 e. The van der Waals surface area contributed by atoms with Gasteiger partial charge in [0.05, 0.1) is 0 Å². The Balaban J connectivity index is 2.83. The Morgan fingerprint density at radius 3 is 2.70 bits per heavy atom. The second-order valence-electron chi connectivity index (χ2n) is 2.51. The Morgan fingerprint density at radius 2 is 2.30 bits per heavy atom. The van der Waals surface area contributed by atoms with Crippen LogP contribution in [0.3, 0.4) is 0 Å². The fourth-order valence-electron chi connectivity index (χ4n) is 0.927. The van der Waals surface area contributed by atoms with Crippen LogP contribution in [0.4, 0.5) is 5.69 Å². The Kier molecular flexibility index (Phi) is 2.33. The first-order valence-corrected chi connectivity index (χ1v) is 4.46. The van der Waals surface area contributed by atoms with E-state index in [2.05, 4.69) is 19.2 Å². The summed E-state index contributed by atoms with van der Waals surface area (Å²) in [5, 5.41) is 2.13. The lowest BCUT2D eigenvalue weighted by molar-refractivity contribution is 0.941. The van der Waals surface area contributed by atoms with Gasteiger partial charge in [-0.05, 0) is 24.3 Å². The maximum absolute atomic E-state index is 5.80. The third-order valence-corrected chi connectivity index (χ3v) is 2.76. The second kappa shape index (κ2) is 3.06. The molecule has 0 atom stereocenters. The van der Waals surface area contributed by atoms with Gasteiger partial charge in [-0.25, -0.2) is 0 Å². The maximum atomic E-state index is 5.80. The minimum absolute atomic E-state index is 1.01. The summed E-state index contributed by atoms with van der Waals surface area (Å²) in [6, 6.07) is 0. The molecule has 0 amide bonds. The zero-order valence-corrected chi connectivity index (χ0v) is 7.29. The van der Waals surface area contributed by atoms with E-state index in [1.165, 1.54) is 16.9 Å². The molecule has 0 aliphatic rings. The summed E-state index contributed by atoms with van der Waals surface area (Å²) in [6.07, 6.45) is 2.31. The third-order valence-electron chi connectivity index (χ3n) is 1.58. The van der Waals surface area contributed by atoms with Crippen molar-refractivity contribution in [2.75, 3.05) is 5.73 Å². The van der Waals surface area contributed by atoms with E-state index in [4.69, 9.17) is 5.73 Å². The highest BCUT2D eigenvalue weighted by Gasteiger charge is 2.02. The molecule has 1 aromatic heterocycles. The van der Waals surface area contributed by atoms with E-state index >= 15 is 0 Å². The van der Waals surface area contributed by atoms with Gasteiger partial charge in [-0.1, -0.05) is 13.3 Å². The normalized spacial score (nSPS) is 10.2. The zero-order valence-electron chi connectivity index (χ0n) is 6.48. The predicted octanol–water partition coefficient (Wildman–Crippen LogP) is 2.59. The van der Waals surface area contributed by atoms with E-state index in [0.717, 1.165) is 12.1 Å². The maximum Gasteiger partial charge on any atom is 0.0485 e. The monoisotopic (exact) mass is 155 g/mol. The van der Waals surface area contributed by atoms with Crippen molar-refractivity contribution in [3.05, 3.63) is 15.8 Å². The average Bonchev–Trinajstić information content (AvgIpc) is 2.20. The molecule has 1 heterocycles. The van der Waals surface area contributed by atoms with E-state index < -0.39 is 0 Å². The number of thiophene rings is 1. The lowest BCUT2D eigenvalue weighted by atomic mass is 10.2. The standard InChI is InChI=1S/C8H13NS/c1-3-4-7-8(9)6(2)5-10-7/h5H,3-4,9H2,1-2H3. The van der Waals surface area contributed by atoms with Crippen LogP contribution < -0.4 is 5.73 Å². The van der Waals surface area contributed by atoms with E-state index in [1.54, 1.807) is 11.3 Å². The topological polar surface area (TPSA) is 26.0 Å². The predicted molar refractivity (Wildman–Crippen MR) is 47.5 cm³/mol. The first kappa shape index (κ1) is 7.61. The van der Waals surface area contributed by atoms with Crippen LogP contribution in [0, 0.1) is 6.92 Å². The van der Waals surface area contributed by atoms with Crippen LogP contribution in [-0.2, 0) is 6.42 Å². The first-order valence-electron chi connectivity index (χ1n) is 3.58. The molecule has 0 aliphatic carbocycles. The van der Waals surface area contributed by atoms with E-state index in [9.17, 15) is 0 Å². The van der Waals surface area contributed by atoms with Gasteiger partial charge in [-0.15, -0.1) is 11.3 Å². The molecule has 2 heteroatoms. The Labute approximate surface area is 65.9 Å². The van der Waals surface area contributed by atoms with Gasteiger partial charge in [-0.2, -0.15) is 0 Å². The molecular formula is C8H13NS. The van der Waals surface area contributed by atoms with E-state index in [0.29, 0.717) is 0 Å². The first-order chi connectivity index (χ1) is 4.75. The van der Waals surface area contributed by atoms with Crippen LogP contribution in [0.25, 0.3) is 0 Å². The Morgan fingerprint density at radius 1 is 1.60 bits per heavy atom. The molecule has 1 nitrogen and oxygen atoms in total. The molecule has 2 N–H and O–H groups in total. The van der Waals surface area contributed by atoms with Crippen LogP contribution in [0.2, 0.25) is 0 Å². The number of rotatable bonds is 2. The highest BCUT2D eigenvalue weighted by molar-refractivity contribution is 7.10. The lowest BCUT2D eigenvalue weighted by Crippen LogP contribution is -1.89. The summed E-state index contributed by atoms with van der Waals surface area (Å²) in [7, 11) is 0. The molecule has 0 saturated carbocycles. The molecule has 0 fully saturated rings. The molecule has 0 spiro atoms. The summed E-state index contributed by atoms with van der Waals surface area (Å²) in [5.41, 5.74) is 8.04. The molecule has 0 saturated heterocycles. The van der Waals surface area contributed by atoms with Gasteiger partial charge in [0.1, 0.15) is 0 Å². The van der Waals surface area contributed by atoms with Crippen LogP contribution >= 0.6 is 11.3 Å². The molecule has 0 bridgehead atoms. The zero-order chi connectivity index (χ0) is 7.56. The van der Waals surface area contributed by atoms with Crippen LogP contribution in [0.1, 0.15) is 23.8 Å². The number of anilines is 1. The number of hydrogen-bond donors (Lipinski definition) is 1. The summed E-state index contributed by atoms with van der Waals surface area (Å²) in [4.78, 5) is 1.35. The van der Waals surface area contributed by atoms with Crippen molar-refractivity contribution in [2.45, 2.75) is 26.7 Å². The van der Waals surface area contributed by atoms with Gasteiger partial charge in [0, 0.05) is 10.6 Å². The summed E-state index contributed by atoms with van der Waals surface area (Å²) >= 11 is 1.78. The van der Waals surface area contributed by atoms with Gasteiger partial charge >= 0.3 is 0 Å². The summed E-state index contributed by atoms with van der Waals surface area (Å²) in [6.45, 7) is 4.24. The van der Waals surface area contributed by atoms with Crippen molar-refractivity contribution in [3.8, 4) is 0 Å². The molecule has 1 rings (SSSR count). The molecule has 56 valence electrons. The summed E-state index contributed by atoms with van der Waals surface area (Å²) < 4.78 is 0. The minimum atomic E-state index is 1.01. The van der Waals surface area contributed by atoms with Gasteiger partial charge < -0.3 is 5.73 Å². The lowest BCUT2D eigenvalue weighted by Gasteiger charge is -1.95. The number of nitrogens with two attached hydrogens (primary N) is 1. The largest absolute Gasteiger partial charge is 0.398 e. The van der Waals surface area contributed by atoms with E-state index in [-0.39, 0.29) is 0 Å². The van der Waals surface area contributed by atoms with Crippen LogP contribution in [0.15, 0.2) is 5.38 Å². The van der Waals surface area contributed by atoms with Crippen molar-refractivity contribution in [2.24, 2.45) is 0 Å². The van der Waals surface area contributed by atoms with Gasteiger partial charge in [-0.3, -0.25) is 0 Å². The van der Waals surface area contributed by atoms with Crippen LogP contribution in [-0.4, -0.2) is 0 Å². The van der Waals surface area contributed by atoms with Gasteiger partial charge in [0.15, 0.2) is 0 Å². The van der Waals surface area contributed by atoms with Crippen molar-refractivity contribution in [3.63, 3.8) is 0 Å². The molecule has 0 aromatic carbocycles. The van der Waals surface area contributed by atoms with Crippen molar-refractivity contribution in [1.82, 2.24) is 0 Å². The Bertz CT molecular complexity index is 215. The fraction of sp³-hybridized carbons (Fsp3) is 0.500. The number of hydrogen-bond acceptors (Lipinski definition) is 2. The second-order valence-corrected chi connectivity index (χ2v) is 3.47.